The maximum atomic E-state index is 3.74. The van der Waals surface area contributed by atoms with Crippen molar-refractivity contribution in [2.45, 2.75) is 11.3 Å². The van der Waals surface area contributed by atoms with E-state index in [1.165, 1.54) is 32.1 Å². The second-order valence-corrected chi connectivity index (χ2v) is 9.93. The first-order chi connectivity index (χ1) is 16.6. The number of thioether (sulfide) groups is 1. The molecule has 1 aliphatic rings. The van der Waals surface area contributed by atoms with Gasteiger partial charge in [-0.1, -0.05) is 60.3 Å². The number of benzene rings is 3. The molecule has 1 aromatic heterocycles. The van der Waals surface area contributed by atoms with Gasteiger partial charge in [0, 0.05) is 29.9 Å². The maximum absolute atomic E-state index is 3.74. The van der Waals surface area contributed by atoms with E-state index in [0.29, 0.717) is 0 Å². The minimum atomic E-state index is 0. The summed E-state index contributed by atoms with van der Waals surface area (Å²) in [5, 5.41) is 6.22. The molecule has 0 spiro atoms. The van der Waals surface area contributed by atoms with E-state index < -0.39 is 0 Å². The van der Waals surface area contributed by atoms with Gasteiger partial charge in [0.2, 0.25) is 0 Å². The Morgan fingerprint density at radius 2 is 1.66 bits per heavy atom. The molecule has 0 saturated carbocycles. The molecule has 180 valence electrons. The van der Waals surface area contributed by atoms with E-state index in [-0.39, 0.29) is 24.0 Å². The lowest BCUT2D eigenvalue weighted by molar-refractivity contribution is -0.551. The number of para-hydroxylation sites is 3. The molecular weight excluding hydrogens is 563 g/mol. The van der Waals surface area contributed by atoms with Crippen molar-refractivity contribution in [2.24, 2.45) is 0 Å². The van der Waals surface area contributed by atoms with Crippen LogP contribution in [0.2, 0.25) is 0 Å². The fourth-order valence-corrected chi connectivity index (χ4v) is 5.53. The summed E-state index contributed by atoms with van der Waals surface area (Å²) in [4.78, 5) is 5.82. The Kier molecular flexibility index (Phi) is 8.36. The summed E-state index contributed by atoms with van der Waals surface area (Å²) < 4.78 is 2.34. The van der Waals surface area contributed by atoms with Crippen molar-refractivity contribution in [1.82, 2.24) is 4.90 Å². The fourth-order valence-electron chi connectivity index (χ4n) is 4.43. The van der Waals surface area contributed by atoms with Crippen molar-refractivity contribution in [3.63, 3.8) is 0 Å². The molecule has 0 atom stereocenters. The third kappa shape index (κ3) is 5.50. The molecule has 1 N–H and O–H groups in total. The highest BCUT2D eigenvalue weighted by Gasteiger charge is 2.23. The molecule has 0 fully saturated rings. The van der Waals surface area contributed by atoms with Crippen LogP contribution >= 0.6 is 11.8 Å². The molecule has 0 aliphatic carbocycles. The largest absolute Gasteiger partial charge is 1.00 e. The molecule has 0 bridgehead atoms. The fraction of sp³-hybridized carbons (Fsp3) is 0.207. The summed E-state index contributed by atoms with van der Waals surface area (Å²) >= 11 is 1.83. The number of hydrogen-bond donors (Lipinski definition) is 1. The number of aromatic nitrogens is 1. The molecule has 6 heteroatoms. The van der Waals surface area contributed by atoms with Gasteiger partial charge in [-0.05, 0) is 62.5 Å². The number of nitrogens with one attached hydrogen (secondary N) is 1. The lowest BCUT2D eigenvalue weighted by Gasteiger charge is -2.16. The smallest absolute Gasteiger partial charge is 0.280 e. The van der Waals surface area contributed by atoms with Gasteiger partial charge in [-0.3, -0.25) is 5.32 Å². The summed E-state index contributed by atoms with van der Waals surface area (Å²) in [7, 11) is 6.40. The molecule has 35 heavy (non-hydrogen) atoms. The Balaban J connectivity index is 0.00000289. The van der Waals surface area contributed by atoms with Crippen molar-refractivity contribution in [3.05, 3.63) is 95.5 Å². The van der Waals surface area contributed by atoms with E-state index in [4.69, 9.17) is 0 Å². The molecule has 4 aromatic rings. The summed E-state index contributed by atoms with van der Waals surface area (Å²) in [6.45, 7) is 1.97. The van der Waals surface area contributed by atoms with Crippen LogP contribution in [0.1, 0.15) is 12.0 Å². The molecule has 2 heterocycles. The van der Waals surface area contributed by atoms with Gasteiger partial charge in [-0.2, -0.15) is 4.57 Å². The SMILES string of the molecule is CN(C)CCCNc1cc(C=C2Sc3ccccc3N2C)c2ccccc2[n+]1-c1ccccc1.[I-]. The summed E-state index contributed by atoms with van der Waals surface area (Å²) in [5.74, 6) is 1.11. The number of pyridine rings is 1. The Morgan fingerprint density at radius 3 is 2.43 bits per heavy atom. The van der Waals surface area contributed by atoms with Gasteiger partial charge in [0.05, 0.1) is 17.3 Å². The lowest BCUT2D eigenvalue weighted by Crippen LogP contribution is -3.00. The van der Waals surface area contributed by atoms with E-state index in [2.05, 4.69) is 132 Å². The number of fused-ring (bicyclic) bond motifs is 2. The Morgan fingerprint density at radius 1 is 0.943 bits per heavy atom. The van der Waals surface area contributed by atoms with Crippen molar-refractivity contribution in [1.29, 1.82) is 0 Å². The minimum Gasteiger partial charge on any atom is -1.00 e. The zero-order valence-corrected chi connectivity index (χ0v) is 23.4. The standard InChI is InChI=1S/C29H30N4S.HI/c1-31(2)19-11-18-30-28-20-22(21-29-32(3)26-16-9-10-17-27(26)34-29)24-14-7-8-15-25(24)33(28)23-12-5-4-6-13-23;/h4-10,12-17,20-21H,11,18-19H2,1-3H3;1H. The van der Waals surface area contributed by atoms with Crippen LogP contribution in [-0.4, -0.2) is 39.1 Å². The summed E-state index contributed by atoms with van der Waals surface area (Å²) in [6, 6.07) is 30.2. The van der Waals surface area contributed by atoms with E-state index in [9.17, 15) is 0 Å². The zero-order chi connectivity index (χ0) is 23.5. The van der Waals surface area contributed by atoms with Crippen LogP contribution in [0.25, 0.3) is 22.7 Å². The molecule has 0 radical (unpaired) electrons. The lowest BCUT2D eigenvalue weighted by atomic mass is 10.1. The van der Waals surface area contributed by atoms with Gasteiger partial charge >= 0.3 is 0 Å². The first-order valence-corrected chi connectivity index (χ1v) is 12.6. The molecule has 1 aliphatic heterocycles. The first-order valence-electron chi connectivity index (χ1n) is 11.8. The first kappa shape index (κ1) is 25.5. The Hall–Kier alpha value is -2.55. The van der Waals surface area contributed by atoms with E-state index in [0.717, 1.165) is 31.0 Å². The second-order valence-electron chi connectivity index (χ2n) is 8.87. The average Bonchev–Trinajstić information content (AvgIpc) is 3.17. The van der Waals surface area contributed by atoms with Crippen LogP contribution < -0.4 is 38.8 Å². The third-order valence-corrected chi connectivity index (χ3v) is 7.31. The van der Waals surface area contributed by atoms with Crippen molar-refractivity contribution < 1.29 is 28.5 Å². The molecule has 5 rings (SSSR count). The molecule has 3 aromatic carbocycles. The number of anilines is 2. The van der Waals surface area contributed by atoms with Crippen molar-refractivity contribution in [2.75, 3.05) is 44.4 Å². The highest BCUT2D eigenvalue weighted by Crippen LogP contribution is 2.45. The van der Waals surface area contributed by atoms with Crippen LogP contribution in [0.15, 0.2) is 94.9 Å². The normalized spacial score (nSPS) is 13.8. The van der Waals surface area contributed by atoms with Gasteiger partial charge in [0.1, 0.15) is 11.2 Å². The summed E-state index contributed by atoms with van der Waals surface area (Å²) in [6.07, 6.45) is 3.41. The van der Waals surface area contributed by atoms with E-state index >= 15 is 0 Å². The van der Waals surface area contributed by atoms with E-state index in [1.54, 1.807) is 0 Å². The van der Waals surface area contributed by atoms with Crippen LogP contribution in [0.4, 0.5) is 11.5 Å². The topological polar surface area (TPSA) is 22.4 Å². The Bertz CT molecular complexity index is 1340. The second kappa shape index (κ2) is 11.5. The van der Waals surface area contributed by atoms with Crippen molar-refractivity contribution in [3.8, 4) is 5.69 Å². The van der Waals surface area contributed by atoms with Gasteiger partial charge in [-0.15, -0.1) is 0 Å². The monoisotopic (exact) mass is 594 g/mol. The van der Waals surface area contributed by atoms with Crippen molar-refractivity contribution >= 4 is 40.2 Å². The predicted octanol–water partition coefficient (Wildman–Crippen LogP) is 3.02. The molecule has 0 saturated heterocycles. The third-order valence-electron chi connectivity index (χ3n) is 6.14. The van der Waals surface area contributed by atoms with Gasteiger partial charge in [0.15, 0.2) is 0 Å². The Labute approximate surface area is 229 Å². The molecule has 0 amide bonds. The van der Waals surface area contributed by atoms with Crippen LogP contribution in [0.3, 0.4) is 0 Å². The molecular formula is C29H31IN4S. The summed E-state index contributed by atoms with van der Waals surface area (Å²) in [5.41, 5.74) is 4.84. The number of nitrogens with zero attached hydrogens (tertiary/aromatic N) is 3. The molecule has 0 unspecified atom stereocenters. The number of hydrogen-bond acceptors (Lipinski definition) is 4. The number of halogens is 1. The predicted molar refractivity (Wildman–Crippen MR) is 146 cm³/mol. The van der Waals surface area contributed by atoms with Gasteiger partial charge in [-0.25, -0.2) is 0 Å². The number of rotatable bonds is 7. The van der Waals surface area contributed by atoms with Gasteiger partial charge < -0.3 is 33.8 Å². The van der Waals surface area contributed by atoms with E-state index in [1.807, 2.05) is 11.8 Å². The average molecular weight is 595 g/mol. The molecule has 4 nitrogen and oxygen atoms in total. The van der Waals surface area contributed by atoms with Crippen LogP contribution in [0, 0.1) is 0 Å². The zero-order valence-electron chi connectivity index (χ0n) is 20.4. The highest BCUT2D eigenvalue weighted by atomic mass is 127. The van der Waals surface area contributed by atoms with Crippen LogP contribution in [0.5, 0.6) is 0 Å². The van der Waals surface area contributed by atoms with Crippen LogP contribution in [-0.2, 0) is 0 Å². The quantitative estimate of drug-likeness (QED) is 0.202. The minimum absolute atomic E-state index is 0. The maximum Gasteiger partial charge on any atom is 0.280 e. The highest BCUT2D eigenvalue weighted by molar-refractivity contribution is 8.03. The van der Waals surface area contributed by atoms with Gasteiger partial charge in [0.25, 0.3) is 5.82 Å².